The molecule has 0 saturated heterocycles. The zero-order chi connectivity index (χ0) is 21.5. The second-order valence-corrected chi connectivity index (χ2v) is 9.26. The molecule has 0 radical (unpaired) electrons. The molecular weight excluding hydrogens is 427 g/mol. The van der Waals surface area contributed by atoms with E-state index in [9.17, 15) is 19.3 Å². The topological polar surface area (TPSA) is 111 Å². The number of amidine groups is 1. The molecule has 4 rings (SSSR count). The maximum absolute atomic E-state index is 14.4. The summed E-state index contributed by atoms with van der Waals surface area (Å²) in [4.78, 5) is 28.0. The Bertz CT molecular complexity index is 1210. The Morgan fingerprint density at radius 3 is 2.83 bits per heavy atom. The summed E-state index contributed by atoms with van der Waals surface area (Å²) >= 11 is 2.66. The van der Waals surface area contributed by atoms with Gasteiger partial charge in [0.15, 0.2) is 5.17 Å². The van der Waals surface area contributed by atoms with Crippen LogP contribution in [0.3, 0.4) is 0 Å². The second-order valence-electron chi connectivity index (χ2n) is 7.06. The number of thioether (sulfide) groups is 1. The highest BCUT2D eigenvalue weighted by Gasteiger charge is 2.30. The van der Waals surface area contributed by atoms with Gasteiger partial charge in [0.05, 0.1) is 21.0 Å². The predicted octanol–water partition coefficient (Wildman–Crippen LogP) is 4.87. The van der Waals surface area contributed by atoms with Gasteiger partial charge in [0.25, 0.3) is 11.6 Å². The Balaban J connectivity index is 1.62. The molecule has 0 fully saturated rings. The van der Waals surface area contributed by atoms with Gasteiger partial charge in [0.2, 0.25) is 0 Å². The highest BCUT2D eigenvalue weighted by atomic mass is 32.2. The SMILES string of the molecule is CC1(c2ccc(F)c(NC(=O)c3cc4cc([N+](=O)[O-])ccc4s3)c2)CCSC(N)=N1. The highest BCUT2D eigenvalue weighted by molar-refractivity contribution is 8.13. The minimum absolute atomic E-state index is 0.0501. The van der Waals surface area contributed by atoms with Gasteiger partial charge in [-0.1, -0.05) is 17.8 Å². The standard InChI is InChI=1S/C20H17FN4O3S2/c1-20(6-7-29-19(22)24-20)12-2-4-14(21)15(10-12)23-18(26)17-9-11-8-13(25(27)28)3-5-16(11)30-17/h2-5,8-10H,6-7H2,1H3,(H2,22,24)(H,23,26). The monoisotopic (exact) mass is 444 g/mol. The van der Waals surface area contributed by atoms with Crippen LogP contribution in [0, 0.1) is 15.9 Å². The van der Waals surface area contributed by atoms with Crippen molar-refractivity contribution in [1.29, 1.82) is 0 Å². The molecule has 0 saturated carbocycles. The largest absolute Gasteiger partial charge is 0.379 e. The average Bonchev–Trinajstić information content (AvgIpc) is 3.13. The number of nitro benzene ring substituents is 1. The average molecular weight is 445 g/mol. The van der Waals surface area contributed by atoms with Crippen molar-refractivity contribution in [2.24, 2.45) is 10.7 Å². The molecule has 0 spiro atoms. The van der Waals surface area contributed by atoms with Crippen LogP contribution in [0.15, 0.2) is 47.5 Å². The van der Waals surface area contributed by atoms with Crippen molar-refractivity contribution in [3.8, 4) is 0 Å². The Morgan fingerprint density at radius 1 is 1.30 bits per heavy atom. The molecule has 1 aromatic heterocycles. The molecule has 1 aliphatic heterocycles. The Labute approximate surface area is 179 Å². The summed E-state index contributed by atoms with van der Waals surface area (Å²) < 4.78 is 15.1. The van der Waals surface area contributed by atoms with Crippen molar-refractivity contribution in [3.05, 3.63) is 68.8 Å². The van der Waals surface area contributed by atoms with Gasteiger partial charge in [-0.15, -0.1) is 11.3 Å². The van der Waals surface area contributed by atoms with E-state index in [0.29, 0.717) is 15.4 Å². The first-order valence-electron chi connectivity index (χ1n) is 9.03. The quantitative estimate of drug-likeness (QED) is 0.441. The minimum Gasteiger partial charge on any atom is -0.379 e. The number of halogens is 1. The van der Waals surface area contributed by atoms with Gasteiger partial charge < -0.3 is 11.1 Å². The Hall–Kier alpha value is -2.98. The van der Waals surface area contributed by atoms with E-state index in [0.717, 1.165) is 22.4 Å². The van der Waals surface area contributed by atoms with Crippen molar-refractivity contribution in [3.63, 3.8) is 0 Å². The molecule has 2 heterocycles. The second kappa shape index (κ2) is 7.69. The molecule has 3 N–H and O–H groups in total. The molecule has 1 amide bonds. The zero-order valence-corrected chi connectivity index (χ0v) is 17.5. The third-order valence-electron chi connectivity index (χ3n) is 4.97. The smallest absolute Gasteiger partial charge is 0.270 e. The zero-order valence-electron chi connectivity index (χ0n) is 15.8. The number of fused-ring (bicyclic) bond motifs is 1. The lowest BCUT2D eigenvalue weighted by Crippen LogP contribution is -2.29. The van der Waals surface area contributed by atoms with Gasteiger partial charge >= 0.3 is 0 Å². The van der Waals surface area contributed by atoms with Crippen molar-refractivity contribution in [1.82, 2.24) is 0 Å². The third-order valence-corrected chi connectivity index (χ3v) is 6.88. The maximum Gasteiger partial charge on any atom is 0.270 e. The number of non-ortho nitro benzene ring substituents is 1. The van der Waals surface area contributed by atoms with Crippen LogP contribution in [-0.4, -0.2) is 21.8 Å². The minimum atomic E-state index is -0.584. The number of aliphatic imine (C=N–C) groups is 1. The van der Waals surface area contributed by atoms with Crippen LogP contribution >= 0.6 is 23.1 Å². The molecule has 0 aliphatic carbocycles. The van der Waals surface area contributed by atoms with Gasteiger partial charge in [-0.2, -0.15) is 0 Å². The first-order chi connectivity index (χ1) is 14.2. The van der Waals surface area contributed by atoms with Crippen LogP contribution in [-0.2, 0) is 5.54 Å². The Morgan fingerprint density at radius 2 is 2.10 bits per heavy atom. The molecule has 10 heteroatoms. The number of nitrogens with one attached hydrogen (secondary N) is 1. The molecular formula is C20H17FN4O3S2. The summed E-state index contributed by atoms with van der Waals surface area (Å²) in [5.41, 5.74) is 6.04. The number of amides is 1. The summed E-state index contributed by atoms with van der Waals surface area (Å²) in [7, 11) is 0. The fourth-order valence-corrected chi connectivity index (χ4v) is 5.20. The number of nitrogens with zero attached hydrogens (tertiary/aromatic N) is 2. The summed E-state index contributed by atoms with van der Waals surface area (Å²) in [5.74, 6) is -0.240. The molecule has 7 nitrogen and oxygen atoms in total. The molecule has 3 aromatic rings. The molecule has 154 valence electrons. The van der Waals surface area contributed by atoms with E-state index in [1.54, 1.807) is 24.3 Å². The first-order valence-corrected chi connectivity index (χ1v) is 10.8. The van der Waals surface area contributed by atoms with Crippen molar-refractivity contribution in [2.45, 2.75) is 18.9 Å². The number of rotatable bonds is 4. The van der Waals surface area contributed by atoms with Gasteiger partial charge in [0.1, 0.15) is 5.82 Å². The van der Waals surface area contributed by atoms with Crippen molar-refractivity contribution < 1.29 is 14.1 Å². The fourth-order valence-electron chi connectivity index (χ4n) is 3.29. The lowest BCUT2D eigenvalue weighted by molar-refractivity contribution is -0.384. The number of hydrogen-bond acceptors (Lipinski definition) is 7. The van der Waals surface area contributed by atoms with E-state index in [-0.39, 0.29) is 11.4 Å². The van der Waals surface area contributed by atoms with Gasteiger partial charge in [-0.05, 0) is 43.2 Å². The fraction of sp³-hybridized carbons (Fsp3) is 0.200. The molecule has 1 aliphatic rings. The van der Waals surface area contributed by atoms with E-state index in [1.807, 2.05) is 6.92 Å². The molecule has 2 aromatic carbocycles. The highest BCUT2D eigenvalue weighted by Crippen LogP contribution is 2.37. The summed E-state index contributed by atoms with van der Waals surface area (Å²) in [6.07, 6.45) is 0.743. The number of hydrogen-bond donors (Lipinski definition) is 2. The van der Waals surface area contributed by atoms with Gasteiger partial charge in [-0.25, -0.2) is 4.39 Å². The van der Waals surface area contributed by atoms with Gasteiger partial charge in [0, 0.05) is 28.0 Å². The first kappa shape index (κ1) is 20.3. The number of nitro groups is 1. The number of carbonyl (C=O) groups excluding carboxylic acids is 1. The normalized spacial score (nSPS) is 18.8. The number of nitrogens with two attached hydrogens (primary N) is 1. The van der Waals surface area contributed by atoms with Gasteiger partial charge in [-0.3, -0.25) is 19.9 Å². The molecule has 30 heavy (non-hydrogen) atoms. The number of anilines is 1. The summed E-state index contributed by atoms with van der Waals surface area (Å²) in [6.45, 7) is 1.93. The number of thiophene rings is 1. The van der Waals surface area contributed by atoms with Crippen LogP contribution in [0.1, 0.15) is 28.6 Å². The lowest BCUT2D eigenvalue weighted by Gasteiger charge is -2.30. The van der Waals surface area contributed by atoms with E-state index in [4.69, 9.17) is 5.73 Å². The van der Waals surface area contributed by atoms with E-state index < -0.39 is 22.2 Å². The lowest BCUT2D eigenvalue weighted by atomic mass is 9.89. The predicted molar refractivity (Wildman–Crippen MR) is 119 cm³/mol. The third kappa shape index (κ3) is 3.88. The number of benzene rings is 2. The van der Waals surface area contributed by atoms with Crippen molar-refractivity contribution >= 4 is 55.6 Å². The van der Waals surface area contributed by atoms with E-state index in [1.165, 1.54) is 41.3 Å². The van der Waals surface area contributed by atoms with Crippen molar-refractivity contribution in [2.75, 3.05) is 11.1 Å². The summed E-state index contributed by atoms with van der Waals surface area (Å²) in [5, 5.41) is 14.6. The van der Waals surface area contributed by atoms with Crippen LogP contribution in [0.5, 0.6) is 0 Å². The maximum atomic E-state index is 14.4. The van der Waals surface area contributed by atoms with Crippen LogP contribution in [0.2, 0.25) is 0 Å². The van der Waals surface area contributed by atoms with E-state index in [2.05, 4.69) is 10.3 Å². The van der Waals surface area contributed by atoms with Crippen LogP contribution in [0.25, 0.3) is 10.1 Å². The van der Waals surface area contributed by atoms with Crippen LogP contribution < -0.4 is 11.1 Å². The van der Waals surface area contributed by atoms with Crippen LogP contribution in [0.4, 0.5) is 15.8 Å². The molecule has 0 bridgehead atoms. The Kier molecular flexibility index (Phi) is 5.20. The summed E-state index contributed by atoms with van der Waals surface area (Å²) in [6, 6.07) is 10.5. The number of carbonyl (C=O) groups is 1. The molecule has 1 unspecified atom stereocenters. The van der Waals surface area contributed by atoms with E-state index >= 15 is 0 Å². The molecule has 1 atom stereocenters.